The van der Waals surface area contributed by atoms with Crippen LogP contribution >= 0.6 is 0 Å². The Kier molecular flexibility index (Phi) is 5.65. The van der Waals surface area contributed by atoms with Crippen LogP contribution in [0.15, 0.2) is 77.3 Å². The van der Waals surface area contributed by atoms with Crippen molar-refractivity contribution in [1.29, 1.82) is 0 Å². The lowest BCUT2D eigenvalue weighted by molar-refractivity contribution is -0.117. The number of nitrogens with zero attached hydrogens (tertiary/aromatic N) is 3. The van der Waals surface area contributed by atoms with Gasteiger partial charge in [0, 0.05) is 24.2 Å². The van der Waals surface area contributed by atoms with E-state index in [9.17, 15) is 4.79 Å². The highest BCUT2D eigenvalue weighted by Crippen LogP contribution is 2.33. The zero-order valence-electron chi connectivity index (χ0n) is 18.7. The van der Waals surface area contributed by atoms with Crippen molar-refractivity contribution in [3.05, 3.63) is 95.4 Å². The first kappa shape index (κ1) is 20.9. The highest BCUT2D eigenvalue weighted by atomic mass is 16.5. The number of anilines is 1. The number of carbonyl (C=O) groups is 1. The fraction of sp³-hybridized carbons (Fsp3) is 0.222. The number of hydrogen-bond acceptors (Lipinski definition) is 5. The highest BCUT2D eigenvalue weighted by Gasteiger charge is 2.35. The van der Waals surface area contributed by atoms with E-state index < -0.39 is 0 Å². The summed E-state index contributed by atoms with van der Waals surface area (Å²) in [4.78, 5) is 19.1. The summed E-state index contributed by atoms with van der Waals surface area (Å²) in [6.07, 6.45) is 0.362. The predicted molar refractivity (Wildman–Crippen MR) is 126 cm³/mol. The van der Waals surface area contributed by atoms with E-state index >= 15 is 0 Å². The molecule has 1 fully saturated rings. The lowest BCUT2D eigenvalue weighted by atomic mass is 10.1. The van der Waals surface area contributed by atoms with Crippen LogP contribution in [0.5, 0.6) is 5.75 Å². The van der Waals surface area contributed by atoms with E-state index in [1.807, 2.05) is 85.5 Å². The molecule has 1 atom stereocenters. The van der Waals surface area contributed by atoms with Crippen molar-refractivity contribution in [2.45, 2.75) is 32.8 Å². The molecule has 1 unspecified atom stereocenters. The van der Waals surface area contributed by atoms with Crippen LogP contribution in [0.4, 0.5) is 5.69 Å². The highest BCUT2D eigenvalue weighted by molar-refractivity contribution is 5.96. The second-order valence-corrected chi connectivity index (χ2v) is 8.51. The molecule has 5 rings (SSSR count). The molecule has 6 nitrogen and oxygen atoms in total. The van der Waals surface area contributed by atoms with Gasteiger partial charge in [0.15, 0.2) is 0 Å². The first-order chi connectivity index (χ1) is 16.0. The normalized spacial score (nSPS) is 15.8. The molecule has 0 N–H and O–H groups in total. The lowest BCUT2D eigenvalue weighted by Crippen LogP contribution is -2.24. The molecular formula is C27H25N3O3. The van der Waals surface area contributed by atoms with E-state index in [1.54, 1.807) is 0 Å². The molecule has 1 amide bonds. The largest absolute Gasteiger partial charge is 0.489 e. The van der Waals surface area contributed by atoms with E-state index in [2.05, 4.69) is 16.2 Å². The topological polar surface area (TPSA) is 68.5 Å². The van der Waals surface area contributed by atoms with Gasteiger partial charge in [-0.1, -0.05) is 41.6 Å². The third kappa shape index (κ3) is 4.65. The Balaban J connectivity index is 1.26. The van der Waals surface area contributed by atoms with Gasteiger partial charge in [-0.3, -0.25) is 4.79 Å². The van der Waals surface area contributed by atoms with Gasteiger partial charge in [-0.05, 0) is 66.9 Å². The number of hydrogen-bond donors (Lipinski definition) is 0. The van der Waals surface area contributed by atoms with Crippen LogP contribution in [-0.4, -0.2) is 22.6 Å². The molecule has 6 heteroatoms. The fourth-order valence-electron chi connectivity index (χ4n) is 4.19. The number of aromatic nitrogens is 2. The van der Waals surface area contributed by atoms with Gasteiger partial charge in [-0.2, -0.15) is 4.98 Å². The van der Waals surface area contributed by atoms with Crippen LogP contribution in [0.3, 0.4) is 0 Å². The SMILES string of the molecule is Cc1cc(C)cc(N2CC(c3nc(-c4ccc(OCc5ccccc5)cc4)no3)CC2=O)c1. The molecule has 0 radical (unpaired) electrons. The summed E-state index contributed by atoms with van der Waals surface area (Å²) in [5.41, 5.74) is 5.15. The summed E-state index contributed by atoms with van der Waals surface area (Å²) in [6.45, 7) is 5.13. The summed E-state index contributed by atoms with van der Waals surface area (Å²) < 4.78 is 11.4. The number of ether oxygens (including phenoxy) is 1. The third-order valence-corrected chi connectivity index (χ3v) is 5.79. The van der Waals surface area contributed by atoms with Crippen LogP contribution in [0.1, 0.15) is 34.9 Å². The monoisotopic (exact) mass is 439 g/mol. The summed E-state index contributed by atoms with van der Waals surface area (Å²) in [5, 5.41) is 4.15. The van der Waals surface area contributed by atoms with Crippen molar-refractivity contribution in [2.75, 3.05) is 11.4 Å². The van der Waals surface area contributed by atoms with Crippen molar-refractivity contribution >= 4 is 11.6 Å². The third-order valence-electron chi connectivity index (χ3n) is 5.79. The van der Waals surface area contributed by atoms with Gasteiger partial charge in [-0.25, -0.2) is 0 Å². The first-order valence-corrected chi connectivity index (χ1v) is 11.0. The first-order valence-electron chi connectivity index (χ1n) is 11.0. The summed E-state index contributed by atoms with van der Waals surface area (Å²) in [6, 6.07) is 23.8. The minimum Gasteiger partial charge on any atom is -0.489 e. The van der Waals surface area contributed by atoms with Crippen LogP contribution in [0.2, 0.25) is 0 Å². The molecule has 3 aromatic carbocycles. The molecule has 0 bridgehead atoms. The van der Waals surface area contributed by atoms with Crippen molar-refractivity contribution in [3.8, 4) is 17.1 Å². The summed E-state index contributed by atoms with van der Waals surface area (Å²) in [5.74, 6) is 1.74. The number of aryl methyl sites for hydroxylation is 2. The number of carbonyl (C=O) groups excluding carboxylic acids is 1. The summed E-state index contributed by atoms with van der Waals surface area (Å²) in [7, 11) is 0. The maximum atomic E-state index is 12.7. The molecule has 33 heavy (non-hydrogen) atoms. The zero-order chi connectivity index (χ0) is 22.8. The minimum atomic E-state index is -0.118. The van der Waals surface area contributed by atoms with Crippen molar-refractivity contribution in [3.63, 3.8) is 0 Å². The van der Waals surface area contributed by atoms with Crippen LogP contribution in [-0.2, 0) is 11.4 Å². The maximum Gasteiger partial charge on any atom is 0.232 e. The van der Waals surface area contributed by atoms with Crippen LogP contribution in [0.25, 0.3) is 11.4 Å². The van der Waals surface area contributed by atoms with Gasteiger partial charge in [0.2, 0.25) is 17.6 Å². The molecule has 2 heterocycles. The Morgan fingerprint density at radius 1 is 1.00 bits per heavy atom. The lowest BCUT2D eigenvalue weighted by Gasteiger charge is -2.17. The Bertz CT molecular complexity index is 1250. The molecule has 166 valence electrons. The minimum absolute atomic E-state index is 0.0738. The Hall–Kier alpha value is -3.93. The molecule has 0 spiro atoms. The second-order valence-electron chi connectivity index (χ2n) is 8.51. The van der Waals surface area contributed by atoms with Crippen molar-refractivity contribution in [1.82, 2.24) is 10.1 Å². The smallest absolute Gasteiger partial charge is 0.232 e. The number of benzene rings is 3. The zero-order valence-corrected chi connectivity index (χ0v) is 18.7. The van der Waals surface area contributed by atoms with Gasteiger partial charge >= 0.3 is 0 Å². The summed E-state index contributed by atoms with van der Waals surface area (Å²) >= 11 is 0. The quantitative estimate of drug-likeness (QED) is 0.399. The molecule has 1 aliphatic heterocycles. The molecule has 0 aliphatic carbocycles. The van der Waals surface area contributed by atoms with Gasteiger partial charge in [0.1, 0.15) is 12.4 Å². The predicted octanol–water partition coefficient (Wildman–Crippen LogP) is 5.45. The van der Waals surface area contributed by atoms with Crippen LogP contribution < -0.4 is 9.64 Å². The van der Waals surface area contributed by atoms with E-state index in [4.69, 9.17) is 9.26 Å². The van der Waals surface area contributed by atoms with E-state index in [0.717, 1.165) is 33.7 Å². The van der Waals surface area contributed by atoms with E-state index in [-0.39, 0.29) is 11.8 Å². The Labute approximate surface area is 192 Å². The molecule has 1 aromatic heterocycles. The molecule has 1 aliphatic rings. The average Bonchev–Trinajstić information content (AvgIpc) is 3.45. The Morgan fingerprint density at radius 3 is 2.45 bits per heavy atom. The maximum absolute atomic E-state index is 12.7. The van der Waals surface area contributed by atoms with Gasteiger partial charge in [0.05, 0.1) is 5.92 Å². The van der Waals surface area contributed by atoms with Gasteiger partial charge in [-0.15, -0.1) is 0 Å². The fourth-order valence-corrected chi connectivity index (χ4v) is 4.19. The molecular weight excluding hydrogens is 414 g/mol. The number of rotatable bonds is 6. The standard InChI is InChI=1S/C27H25N3O3/c1-18-12-19(2)14-23(13-18)30-16-22(15-25(30)31)27-28-26(29-33-27)21-8-10-24(11-9-21)32-17-20-6-4-3-5-7-20/h3-14,22H,15-17H2,1-2H3. The van der Waals surface area contributed by atoms with Crippen molar-refractivity contribution in [2.24, 2.45) is 0 Å². The Morgan fingerprint density at radius 2 is 1.73 bits per heavy atom. The van der Waals surface area contributed by atoms with Gasteiger partial charge < -0.3 is 14.2 Å². The molecule has 1 saturated heterocycles. The van der Waals surface area contributed by atoms with E-state index in [0.29, 0.717) is 31.3 Å². The van der Waals surface area contributed by atoms with Gasteiger partial charge in [0.25, 0.3) is 0 Å². The van der Waals surface area contributed by atoms with Crippen molar-refractivity contribution < 1.29 is 14.1 Å². The second kappa shape index (κ2) is 8.90. The van der Waals surface area contributed by atoms with Crippen LogP contribution in [0, 0.1) is 13.8 Å². The average molecular weight is 440 g/mol. The van der Waals surface area contributed by atoms with E-state index in [1.165, 1.54) is 0 Å². The number of amides is 1. The molecule has 4 aromatic rings. The molecule has 0 saturated carbocycles.